The van der Waals surface area contributed by atoms with Gasteiger partial charge in [-0.3, -0.25) is 0 Å². The molecule has 0 spiro atoms. The van der Waals surface area contributed by atoms with E-state index < -0.39 is 0 Å². The number of aromatic nitrogens is 2. The van der Waals surface area contributed by atoms with E-state index in [2.05, 4.69) is 40.0 Å². The van der Waals surface area contributed by atoms with Crippen molar-refractivity contribution in [3.63, 3.8) is 0 Å². The number of nitrogens with one attached hydrogen (secondary N) is 1. The third-order valence-corrected chi connectivity index (χ3v) is 3.17. The van der Waals surface area contributed by atoms with Gasteiger partial charge in [0, 0.05) is 12.6 Å². The van der Waals surface area contributed by atoms with Crippen molar-refractivity contribution in [1.82, 2.24) is 14.9 Å². The Kier molecular flexibility index (Phi) is 1.99. The zero-order valence-electron chi connectivity index (χ0n) is 8.90. The highest BCUT2D eigenvalue weighted by molar-refractivity contribution is 5.76. The number of imidazole rings is 1. The van der Waals surface area contributed by atoms with Gasteiger partial charge in [0.2, 0.25) is 0 Å². The third kappa shape index (κ3) is 1.35. The molecular formula is C12H15N3. The molecule has 1 aromatic carbocycles. The zero-order valence-corrected chi connectivity index (χ0v) is 8.90. The highest BCUT2D eigenvalue weighted by atomic mass is 15.1. The molecule has 1 aromatic heterocycles. The number of aryl methyl sites for hydroxylation is 1. The molecule has 1 saturated heterocycles. The first-order chi connectivity index (χ1) is 7.36. The normalized spacial score (nSPS) is 21.3. The summed E-state index contributed by atoms with van der Waals surface area (Å²) in [5, 5.41) is 3.40. The first-order valence-corrected chi connectivity index (χ1v) is 5.50. The van der Waals surface area contributed by atoms with E-state index in [9.17, 15) is 0 Å². The fourth-order valence-corrected chi connectivity index (χ4v) is 2.49. The number of hydrogen-bond acceptors (Lipinski definition) is 2. The minimum atomic E-state index is 0.581. The summed E-state index contributed by atoms with van der Waals surface area (Å²) in [5.74, 6) is 1.13. The van der Waals surface area contributed by atoms with Crippen LogP contribution in [0.25, 0.3) is 11.0 Å². The molecule has 3 heteroatoms. The molecule has 0 bridgehead atoms. The molecule has 0 radical (unpaired) electrons. The molecule has 78 valence electrons. The Labute approximate surface area is 89.1 Å². The van der Waals surface area contributed by atoms with E-state index in [1.54, 1.807) is 0 Å². The summed E-state index contributed by atoms with van der Waals surface area (Å²) >= 11 is 0. The van der Waals surface area contributed by atoms with E-state index in [4.69, 9.17) is 0 Å². The quantitative estimate of drug-likeness (QED) is 0.763. The molecule has 1 atom stereocenters. The molecule has 2 heterocycles. The summed E-state index contributed by atoms with van der Waals surface area (Å²) in [5.41, 5.74) is 2.38. The fraction of sp³-hybridized carbons (Fsp3) is 0.417. The minimum absolute atomic E-state index is 0.581. The van der Waals surface area contributed by atoms with Crippen LogP contribution in [0.3, 0.4) is 0 Å². The largest absolute Gasteiger partial charge is 0.324 e. The fourth-order valence-electron chi connectivity index (χ4n) is 2.49. The molecular weight excluding hydrogens is 186 g/mol. The van der Waals surface area contributed by atoms with Crippen LogP contribution in [0.4, 0.5) is 0 Å². The summed E-state index contributed by atoms with van der Waals surface area (Å²) in [7, 11) is 0. The van der Waals surface area contributed by atoms with Crippen molar-refractivity contribution in [1.29, 1.82) is 0 Å². The Morgan fingerprint density at radius 2 is 2.27 bits per heavy atom. The van der Waals surface area contributed by atoms with E-state index in [1.807, 2.05) is 6.07 Å². The van der Waals surface area contributed by atoms with Crippen LogP contribution in [0.1, 0.15) is 18.3 Å². The van der Waals surface area contributed by atoms with Crippen molar-refractivity contribution in [2.45, 2.75) is 19.4 Å². The number of fused-ring (bicyclic) bond motifs is 1. The maximum absolute atomic E-state index is 4.59. The van der Waals surface area contributed by atoms with Gasteiger partial charge in [0.15, 0.2) is 0 Å². The number of rotatable bonds is 1. The Hall–Kier alpha value is -1.35. The second-order valence-electron chi connectivity index (χ2n) is 4.16. The van der Waals surface area contributed by atoms with Crippen molar-refractivity contribution in [3.8, 4) is 0 Å². The predicted octanol–water partition coefficient (Wildman–Crippen LogP) is 1.88. The van der Waals surface area contributed by atoms with Crippen molar-refractivity contribution < 1.29 is 0 Å². The molecule has 1 unspecified atom stereocenters. The molecule has 0 amide bonds. The standard InChI is InChI=1S/C12H15N3/c1-9-14-11-4-2-3-5-12(11)15(9)10-6-7-13-8-10/h2-5,10,13H,6-8H2,1H3. The Morgan fingerprint density at radius 3 is 3.07 bits per heavy atom. The number of hydrogen-bond donors (Lipinski definition) is 1. The van der Waals surface area contributed by atoms with Gasteiger partial charge in [-0.25, -0.2) is 4.98 Å². The molecule has 3 nitrogen and oxygen atoms in total. The molecule has 15 heavy (non-hydrogen) atoms. The maximum Gasteiger partial charge on any atom is 0.107 e. The van der Waals surface area contributed by atoms with Gasteiger partial charge in [0.05, 0.1) is 11.0 Å². The second-order valence-corrected chi connectivity index (χ2v) is 4.16. The molecule has 2 aromatic rings. The number of nitrogens with zero attached hydrogens (tertiary/aromatic N) is 2. The molecule has 1 fully saturated rings. The molecule has 1 aliphatic rings. The van der Waals surface area contributed by atoms with Crippen LogP contribution in [0.5, 0.6) is 0 Å². The summed E-state index contributed by atoms with van der Waals surface area (Å²) in [6, 6.07) is 8.96. The van der Waals surface area contributed by atoms with Crippen LogP contribution in [0, 0.1) is 6.92 Å². The van der Waals surface area contributed by atoms with Gasteiger partial charge >= 0.3 is 0 Å². The lowest BCUT2D eigenvalue weighted by molar-refractivity contribution is 0.548. The summed E-state index contributed by atoms with van der Waals surface area (Å²) < 4.78 is 2.37. The topological polar surface area (TPSA) is 29.9 Å². The summed E-state index contributed by atoms with van der Waals surface area (Å²) in [6.45, 7) is 4.29. The van der Waals surface area contributed by atoms with Gasteiger partial charge < -0.3 is 9.88 Å². The lowest BCUT2D eigenvalue weighted by atomic mass is 10.2. The highest BCUT2D eigenvalue weighted by Crippen LogP contribution is 2.24. The van der Waals surface area contributed by atoms with Crippen LogP contribution in [-0.4, -0.2) is 22.6 Å². The predicted molar refractivity (Wildman–Crippen MR) is 61.0 cm³/mol. The second kappa shape index (κ2) is 3.35. The Morgan fingerprint density at radius 1 is 1.40 bits per heavy atom. The number of para-hydroxylation sites is 2. The first-order valence-electron chi connectivity index (χ1n) is 5.50. The molecule has 0 aliphatic carbocycles. The van der Waals surface area contributed by atoms with Crippen molar-refractivity contribution in [3.05, 3.63) is 30.1 Å². The Balaban J connectivity index is 2.19. The van der Waals surface area contributed by atoms with Crippen LogP contribution in [0.15, 0.2) is 24.3 Å². The monoisotopic (exact) mass is 201 g/mol. The lowest BCUT2D eigenvalue weighted by Gasteiger charge is -2.13. The van der Waals surface area contributed by atoms with Gasteiger partial charge in [0.25, 0.3) is 0 Å². The maximum atomic E-state index is 4.59. The van der Waals surface area contributed by atoms with E-state index in [0.717, 1.165) is 24.4 Å². The van der Waals surface area contributed by atoms with Crippen LogP contribution in [-0.2, 0) is 0 Å². The van der Waals surface area contributed by atoms with E-state index in [-0.39, 0.29) is 0 Å². The Bertz CT molecular complexity index is 481. The van der Waals surface area contributed by atoms with Crippen molar-refractivity contribution in [2.24, 2.45) is 0 Å². The average Bonchev–Trinajstić information content (AvgIpc) is 2.82. The summed E-state index contributed by atoms with van der Waals surface area (Å²) in [6.07, 6.45) is 1.21. The van der Waals surface area contributed by atoms with Crippen LogP contribution < -0.4 is 5.32 Å². The van der Waals surface area contributed by atoms with Gasteiger partial charge in [-0.05, 0) is 32.0 Å². The smallest absolute Gasteiger partial charge is 0.107 e. The van der Waals surface area contributed by atoms with Crippen molar-refractivity contribution in [2.75, 3.05) is 13.1 Å². The third-order valence-electron chi connectivity index (χ3n) is 3.17. The molecule has 3 rings (SSSR count). The van der Waals surface area contributed by atoms with Gasteiger partial charge in [-0.1, -0.05) is 12.1 Å². The van der Waals surface area contributed by atoms with E-state index in [1.165, 1.54) is 11.9 Å². The van der Waals surface area contributed by atoms with E-state index in [0.29, 0.717) is 6.04 Å². The SMILES string of the molecule is Cc1nc2ccccc2n1C1CCNC1. The average molecular weight is 201 g/mol. The summed E-state index contributed by atoms with van der Waals surface area (Å²) in [4.78, 5) is 4.59. The van der Waals surface area contributed by atoms with Gasteiger partial charge in [0.1, 0.15) is 5.82 Å². The molecule has 0 saturated carbocycles. The molecule has 1 aliphatic heterocycles. The minimum Gasteiger partial charge on any atom is -0.324 e. The van der Waals surface area contributed by atoms with Crippen LogP contribution in [0.2, 0.25) is 0 Å². The van der Waals surface area contributed by atoms with E-state index >= 15 is 0 Å². The van der Waals surface area contributed by atoms with Gasteiger partial charge in [-0.15, -0.1) is 0 Å². The first kappa shape index (κ1) is 8.92. The van der Waals surface area contributed by atoms with Crippen LogP contribution >= 0.6 is 0 Å². The molecule has 1 N–H and O–H groups in total. The highest BCUT2D eigenvalue weighted by Gasteiger charge is 2.20. The lowest BCUT2D eigenvalue weighted by Crippen LogP contribution is -2.14. The number of benzene rings is 1. The van der Waals surface area contributed by atoms with Gasteiger partial charge in [-0.2, -0.15) is 0 Å². The van der Waals surface area contributed by atoms with Crippen molar-refractivity contribution >= 4 is 11.0 Å². The zero-order chi connectivity index (χ0) is 10.3.